The second kappa shape index (κ2) is 6.52. The third-order valence-electron chi connectivity index (χ3n) is 2.40. The Morgan fingerprint density at radius 3 is 2.43 bits per heavy atom. The highest BCUT2D eigenvalue weighted by atomic mass is 79.9. The Morgan fingerprint density at radius 2 is 1.90 bits per heavy atom. The van der Waals surface area contributed by atoms with Gasteiger partial charge in [0.15, 0.2) is 0 Å². The molecule has 1 aromatic heterocycles. The van der Waals surface area contributed by atoms with Gasteiger partial charge in [0.1, 0.15) is 19.3 Å². The minimum Gasteiger partial charge on any atom is -0.495 e. The molecular formula is C11H7BrCl3NO3S2. The molecule has 0 atom stereocenters. The molecule has 0 radical (unpaired) electrons. The van der Waals surface area contributed by atoms with Gasteiger partial charge in [-0.3, -0.25) is 4.72 Å². The molecular weight excluding hydrogens is 445 g/mol. The lowest BCUT2D eigenvalue weighted by Gasteiger charge is -2.12. The van der Waals surface area contributed by atoms with E-state index in [1.165, 1.54) is 13.2 Å². The predicted octanol–water partition coefficient (Wildman–Crippen LogP) is 5.28. The van der Waals surface area contributed by atoms with Gasteiger partial charge in [-0.25, -0.2) is 8.42 Å². The number of halogens is 4. The summed E-state index contributed by atoms with van der Waals surface area (Å²) >= 11 is 21.8. The molecule has 0 unspecified atom stereocenters. The van der Waals surface area contributed by atoms with E-state index >= 15 is 0 Å². The van der Waals surface area contributed by atoms with Crippen LogP contribution in [0.2, 0.25) is 13.7 Å². The van der Waals surface area contributed by atoms with Crippen molar-refractivity contribution in [3.63, 3.8) is 0 Å². The number of ether oxygens (including phenoxy) is 1. The maximum atomic E-state index is 12.5. The predicted molar refractivity (Wildman–Crippen MR) is 90.9 cm³/mol. The van der Waals surface area contributed by atoms with Gasteiger partial charge in [0, 0.05) is 5.02 Å². The average molecular weight is 452 g/mol. The summed E-state index contributed by atoms with van der Waals surface area (Å²) in [5.74, 6) is 0.330. The number of thiophene rings is 1. The standard InChI is InChI=1S/C11H7BrCl3NO3S2/c1-19-7-3-2-5(13)4-6(7)16-21(17,18)9-8(12)10(14)20-11(9)15/h2-4,16H,1H3. The first-order valence-corrected chi connectivity index (χ1v) is 9.48. The van der Waals surface area contributed by atoms with Gasteiger partial charge in [-0.15, -0.1) is 11.3 Å². The first kappa shape index (κ1) is 17.2. The lowest BCUT2D eigenvalue weighted by atomic mass is 10.3. The van der Waals surface area contributed by atoms with E-state index in [0.717, 1.165) is 11.3 Å². The Bertz CT molecular complexity index is 792. The molecule has 2 aromatic rings. The van der Waals surface area contributed by atoms with Crippen molar-refractivity contribution in [2.75, 3.05) is 11.8 Å². The molecule has 0 spiro atoms. The van der Waals surface area contributed by atoms with Crippen molar-refractivity contribution in [3.05, 3.63) is 36.4 Å². The van der Waals surface area contributed by atoms with Crippen LogP contribution in [0.3, 0.4) is 0 Å². The van der Waals surface area contributed by atoms with E-state index in [0.29, 0.717) is 10.8 Å². The Morgan fingerprint density at radius 1 is 1.24 bits per heavy atom. The SMILES string of the molecule is COc1ccc(Cl)cc1NS(=O)(=O)c1c(Cl)sc(Cl)c1Br. The lowest BCUT2D eigenvalue weighted by molar-refractivity contribution is 0.417. The Labute approximate surface area is 149 Å². The largest absolute Gasteiger partial charge is 0.495 e. The maximum absolute atomic E-state index is 12.5. The molecule has 2 rings (SSSR count). The number of sulfonamides is 1. The summed E-state index contributed by atoms with van der Waals surface area (Å²) in [6.07, 6.45) is 0. The van der Waals surface area contributed by atoms with E-state index in [4.69, 9.17) is 39.5 Å². The molecule has 1 N–H and O–H groups in total. The summed E-state index contributed by atoms with van der Waals surface area (Å²) in [6, 6.07) is 4.58. The fourth-order valence-corrected chi connectivity index (χ4v) is 6.32. The average Bonchev–Trinajstić information content (AvgIpc) is 2.63. The van der Waals surface area contributed by atoms with Crippen LogP contribution in [-0.4, -0.2) is 15.5 Å². The van der Waals surface area contributed by atoms with Gasteiger partial charge >= 0.3 is 0 Å². The summed E-state index contributed by atoms with van der Waals surface area (Å²) in [4.78, 5) is -0.124. The zero-order valence-electron chi connectivity index (χ0n) is 10.3. The van der Waals surface area contributed by atoms with Crippen molar-refractivity contribution in [1.82, 2.24) is 0 Å². The number of hydrogen-bond donors (Lipinski definition) is 1. The first-order chi connectivity index (χ1) is 9.76. The van der Waals surface area contributed by atoms with Gasteiger partial charge < -0.3 is 4.74 Å². The third kappa shape index (κ3) is 3.60. The molecule has 21 heavy (non-hydrogen) atoms. The van der Waals surface area contributed by atoms with Gasteiger partial charge in [-0.05, 0) is 34.1 Å². The molecule has 0 aliphatic carbocycles. The van der Waals surface area contributed by atoms with Crippen LogP contribution in [0, 0.1) is 0 Å². The first-order valence-electron chi connectivity index (χ1n) is 5.26. The van der Waals surface area contributed by atoms with Crippen molar-refractivity contribution in [3.8, 4) is 5.75 Å². The van der Waals surface area contributed by atoms with Gasteiger partial charge in [-0.1, -0.05) is 34.8 Å². The molecule has 1 heterocycles. The van der Waals surface area contributed by atoms with Crippen LogP contribution in [0.4, 0.5) is 5.69 Å². The minimum absolute atomic E-state index is 0.0559. The maximum Gasteiger partial charge on any atom is 0.265 e. The summed E-state index contributed by atoms with van der Waals surface area (Å²) in [5, 5.41) is 0.363. The topological polar surface area (TPSA) is 55.4 Å². The van der Waals surface area contributed by atoms with E-state index in [1.54, 1.807) is 12.1 Å². The number of nitrogens with one attached hydrogen (secondary N) is 1. The number of methoxy groups -OCH3 is 1. The van der Waals surface area contributed by atoms with Crippen molar-refractivity contribution in [2.45, 2.75) is 4.90 Å². The Kier molecular flexibility index (Phi) is 5.33. The van der Waals surface area contributed by atoms with Crippen LogP contribution in [0.25, 0.3) is 0 Å². The molecule has 1 aromatic carbocycles. The van der Waals surface area contributed by atoms with Gasteiger partial charge in [0.2, 0.25) is 0 Å². The molecule has 0 aliphatic heterocycles. The lowest BCUT2D eigenvalue weighted by Crippen LogP contribution is -2.13. The molecule has 0 bridgehead atoms. The molecule has 0 saturated carbocycles. The van der Waals surface area contributed by atoms with Gasteiger partial charge in [0.05, 0.1) is 17.3 Å². The number of anilines is 1. The van der Waals surface area contributed by atoms with E-state index in [-0.39, 0.29) is 23.7 Å². The minimum atomic E-state index is -3.94. The fourth-order valence-electron chi connectivity index (χ4n) is 1.52. The molecule has 0 saturated heterocycles. The number of hydrogen-bond acceptors (Lipinski definition) is 4. The molecule has 4 nitrogen and oxygen atoms in total. The van der Waals surface area contributed by atoms with E-state index in [1.807, 2.05) is 0 Å². The molecule has 114 valence electrons. The second-order valence-electron chi connectivity index (χ2n) is 3.74. The fraction of sp³-hybridized carbons (Fsp3) is 0.0909. The van der Waals surface area contributed by atoms with Crippen LogP contribution >= 0.6 is 62.1 Å². The zero-order chi connectivity index (χ0) is 15.8. The Balaban J connectivity index is 2.50. The highest BCUT2D eigenvalue weighted by Crippen LogP contribution is 2.44. The smallest absolute Gasteiger partial charge is 0.265 e. The van der Waals surface area contributed by atoms with E-state index in [9.17, 15) is 8.42 Å². The molecule has 0 amide bonds. The van der Waals surface area contributed by atoms with Crippen LogP contribution in [0.5, 0.6) is 5.75 Å². The normalized spacial score (nSPS) is 11.5. The summed E-state index contributed by atoms with van der Waals surface area (Å²) in [7, 11) is -2.52. The zero-order valence-corrected chi connectivity index (χ0v) is 15.8. The summed E-state index contributed by atoms with van der Waals surface area (Å²) in [5.41, 5.74) is 0.204. The highest BCUT2D eigenvalue weighted by molar-refractivity contribution is 9.10. The van der Waals surface area contributed by atoms with Crippen LogP contribution in [0.1, 0.15) is 0 Å². The van der Waals surface area contributed by atoms with Gasteiger partial charge in [0.25, 0.3) is 10.0 Å². The van der Waals surface area contributed by atoms with Crippen molar-refractivity contribution in [2.24, 2.45) is 0 Å². The number of rotatable bonds is 4. The van der Waals surface area contributed by atoms with Crippen molar-refractivity contribution in [1.29, 1.82) is 0 Å². The van der Waals surface area contributed by atoms with Crippen molar-refractivity contribution < 1.29 is 13.2 Å². The highest BCUT2D eigenvalue weighted by Gasteiger charge is 2.27. The summed E-state index contributed by atoms with van der Waals surface area (Å²) in [6.45, 7) is 0. The molecule has 0 aliphatic rings. The Hall–Kier alpha value is -0.180. The monoisotopic (exact) mass is 449 g/mol. The van der Waals surface area contributed by atoms with Crippen LogP contribution in [-0.2, 0) is 10.0 Å². The van der Waals surface area contributed by atoms with E-state index in [2.05, 4.69) is 20.7 Å². The molecule has 10 heteroatoms. The van der Waals surface area contributed by atoms with Crippen molar-refractivity contribution >= 4 is 77.8 Å². The van der Waals surface area contributed by atoms with Gasteiger partial charge in [-0.2, -0.15) is 0 Å². The van der Waals surface area contributed by atoms with Crippen LogP contribution in [0.15, 0.2) is 27.6 Å². The van der Waals surface area contributed by atoms with Crippen LogP contribution < -0.4 is 9.46 Å². The third-order valence-corrected chi connectivity index (χ3v) is 7.47. The summed E-state index contributed by atoms with van der Waals surface area (Å²) < 4.78 is 32.9. The molecule has 0 fully saturated rings. The quantitative estimate of drug-likeness (QED) is 0.688. The second-order valence-corrected chi connectivity index (χ2v) is 8.82. The van der Waals surface area contributed by atoms with E-state index < -0.39 is 10.0 Å². The number of benzene rings is 1.